The number of hydrogen-bond donors (Lipinski definition) is 0. The molecule has 0 saturated heterocycles. The lowest BCUT2D eigenvalue weighted by atomic mass is 10.2. The Balaban J connectivity index is 2.11. The monoisotopic (exact) mass is 387 g/mol. The Labute approximate surface area is 157 Å². The van der Waals surface area contributed by atoms with Gasteiger partial charge in [-0.25, -0.2) is 17.2 Å². The fraction of sp³-hybridized carbons (Fsp3) is 0.143. The van der Waals surface area contributed by atoms with Gasteiger partial charge in [0.1, 0.15) is 11.6 Å². The molecule has 0 spiro atoms. The molecule has 0 aromatic heterocycles. The third-order valence-electron chi connectivity index (χ3n) is 4.24. The zero-order valence-electron chi connectivity index (χ0n) is 15.0. The third kappa shape index (κ3) is 4.17. The molecule has 0 aliphatic carbocycles. The first-order valence-electron chi connectivity index (χ1n) is 8.37. The average molecular weight is 387 g/mol. The second-order valence-electron chi connectivity index (χ2n) is 6.39. The molecule has 0 radical (unpaired) electrons. The summed E-state index contributed by atoms with van der Waals surface area (Å²) < 4.78 is 54.9. The number of sulfonamides is 1. The molecular weight excluding hydrogens is 368 g/mol. The van der Waals surface area contributed by atoms with Crippen molar-refractivity contribution in [3.63, 3.8) is 0 Å². The summed E-state index contributed by atoms with van der Waals surface area (Å²) in [7, 11) is -3.98. The van der Waals surface area contributed by atoms with Gasteiger partial charge in [-0.05, 0) is 67.4 Å². The lowest BCUT2D eigenvalue weighted by Crippen LogP contribution is -2.31. The van der Waals surface area contributed by atoms with Crippen molar-refractivity contribution in [3.8, 4) is 0 Å². The summed E-state index contributed by atoms with van der Waals surface area (Å²) in [4.78, 5) is 0.0147. The molecule has 0 aliphatic rings. The molecule has 0 aliphatic heterocycles. The van der Waals surface area contributed by atoms with Crippen LogP contribution >= 0.6 is 0 Å². The maximum absolute atomic E-state index is 13.6. The smallest absolute Gasteiger partial charge is 0.262 e. The molecule has 140 valence electrons. The van der Waals surface area contributed by atoms with E-state index in [0.717, 1.165) is 11.6 Å². The van der Waals surface area contributed by atoms with E-state index in [4.69, 9.17) is 0 Å². The lowest BCUT2D eigenvalue weighted by Gasteiger charge is -2.25. The highest BCUT2D eigenvalue weighted by Crippen LogP contribution is 2.28. The van der Waals surface area contributed by atoms with Gasteiger partial charge in [0.2, 0.25) is 0 Å². The van der Waals surface area contributed by atoms with Crippen LogP contribution in [0.3, 0.4) is 0 Å². The van der Waals surface area contributed by atoms with Crippen molar-refractivity contribution in [2.75, 3.05) is 4.31 Å². The molecule has 0 unspecified atom stereocenters. The standard InChI is InChI=1S/C21H19F2NO2S/c1-15-6-9-20(10-7-15)24(14-17-4-3-5-18(22)13-17)27(25,26)21-11-8-19(23)12-16(21)2/h3-13H,14H2,1-2H3. The van der Waals surface area contributed by atoms with Gasteiger partial charge in [0.15, 0.2) is 0 Å². The Kier molecular flexibility index (Phi) is 5.28. The van der Waals surface area contributed by atoms with E-state index in [1.807, 2.05) is 6.92 Å². The first kappa shape index (κ1) is 19.0. The summed E-state index contributed by atoms with van der Waals surface area (Å²) in [5.41, 5.74) is 2.26. The van der Waals surface area contributed by atoms with Crippen molar-refractivity contribution in [2.45, 2.75) is 25.3 Å². The minimum atomic E-state index is -3.98. The first-order chi connectivity index (χ1) is 12.8. The van der Waals surface area contributed by atoms with E-state index in [1.165, 1.54) is 34.6 Å². The third-order valence-corrected chi connectivity index (χ3v) is 6.18. The molecule has 3 aromatic carbocycles. The molecule has 0 N–H and O–H groups in total. The summed E-state index contributed by atoms with van der Waals surface area (Å²) in [5.74, 6) is -0.940. The van der Waals surface area contributed by atoms with E-state index in [1.54, 1.807) is 37.3 Å². The van der Waals surface area contributed by atoms with Crippen molar-refractivity contribution < 1.29 is 17.2 Å². The highest BCUT2D eigenvalue weighted by molar-refractivity contribution is 7.92. The number of halogens is 2. The molecule has 6 heteroatoms. The summed E-state index contributed by atoms with van der Waals surface area (Å²) >= 11 is 0. The van der Waals surface area contributed by atoms with Gasteiger partial charge in [0, 0.05) is 0 Å². The zero-order chi connectivity index (χ0) is 19.6. The number of hydrogen-bond acceptors (Lipinski definition) is 2. The van der Waals surface area contributed by atoms with Gasteiger partial charge < -0.3 is 0 Å². The van der Waals surface area contributed by atoms with E-state index in [-0.39, 0.29) is 11.4 Å². The first-order valence-corrected chi connectivity index (χ1v) is 9.81. The van der Waals surface area contributed by atoms with Gasteiger partial charge in [-0.2, -0.15) is 0 Å². The fourth-order valence-corrected chi connectivity index (χ4v) is 4.51. The topological polar surface area (TPSA) is 37.4 Å². The van der Waals surface area contributed by atoms with Crippen LogP contribution in [-0.2, 0) is 16.6 Å². The Bertz CT molecular complexity index is 1060. The van der Waals surface area contributed by atoms with E-state index < -0.39 is 21.7 Å². The fourth-order valence-electron chi connectivity index (χ4n) is 2.85. The number of benzene rings is 3. The van der Waals surface area contributed by atoms with Crippen molar-refractivity contribution in [3.05, 3.63) is 95.1 Å². The molecule has 0 saturated carbocycles. The van der Waals surface area contributed by atoms with Crippen LogP contribution in [0.4, 0.5) is 14.5 Å². The summed E-state index contributed by atoms with van der Waals surface area (Å²) in [6, 6.07) is 16.4. The highest BCUT2D eigenvalue weighted by Gasteiger charge is 2.27. The Morgan fingerprint density at radius 3 is 2.15 bits per heavy atom. The number of aryl methyl sites for hydroxylation is 2. The van der Waals surface area contributed by atoms with Crippen LogP contribution in [0, 0.1) is 25.5 Å². The van der Waals surface area contributed by atoms with Crippen molar-refractivity contribution >= 4 is 15.7 Å². The zero-order valence-corrected chi connectivity index (χ0v) is 15.8. The van der Waals surface area contributed by atoms with Gasteiger partial charge >= 0.3 is 0 Å². The quantitative estimate of drug-likeness (QED) is 0.619. The molecule has 0 amide bonds. The van der Waals surface area contributed by atoms with Gasteiger partial charge in [-0.1, -0.05) is 29.8 Å². The van der Waals surface area contributed by atoms with Gasteiger partial charge in [-0.15, -0.1) is 0 Å². The van der Waals surface area contributed by atoms with Gasteiger partial charge in [0.25, 0.3) is 10.0 Å². The van der Waals surface area contributed by atoms with Gasteiger partial charge in [0.05, 0.1) is 17.1 Å². The molecule has 0 heterocycles. The van der Waals surface area contributed by atoms with Crippen molar-refractivity contribution in [1.29, 1.82) is 0 Å². The SMILES string of the molecule is Cc1ccc(N(Cc2cccc(F)c2)S(=O)(=O)c2ccc(F)cc2C)cc1. The predicted octanol–water partition coefficient (Wildman–Crippen LogP) is 4.98. The van der Waals surface area contributed by atoms with Crippen molar-refractivity contribution in [1.82, 2.24) is 0 Å². The Hall–Kier alpha value is -2.73. The number of rotatable bonds is 5. The van der Waals surface area contributed by atoms with Crippen LogP contribution < -0.4 is 4.31 Å². The van der Waals surface area contributed by atoms with Crippen LogP contribution in [0.25, 0.3) is 0 Å². The van der Waals surface area contributed by atoms with Crippen LogP contribution in [0.5, 0.6) is 0 Å². The van der Waals surface area contributed by atoms with E-state index in [2.05, 4.69) is 0 Å². The summed E-state index contributed by atoms with van der Waals surface area (Å²) in [6.07, 6.45) is 0. The van der Waals surface area contributed by atoms with Crippen LogP contribution in [0.1, 0.15) is 16.7 Å². The van der Waals surface area contributed by atoms with Crippen LogP contribution in [0.15, 0.2) is 71.6 Å². The summed E-state index contributed by atoms with van der Waals surface area (Å²) in [5, 5.41) is 0. The van der Waals surface area contributed by atoms with E-state index in [0.29, 0.717) is 16.8 Å². The lowest BCUT2D eigenvalue weighted by molar-refractivity contribution is 0.587. The highest BCUT2D eigenvalue weighted by atomic mass is 32.2. The largest absolute Gasteiger partial charge is 0.264 e. The Morgan fingerprint density at radius 2 is 1.52 bits per heavy atom. The minimum Gasteiger partial charge on any atom is -0.262 e. The number of anilines is 1. The second kappa shape index (κ2) is 7.48. The molecule has 27 heavy (non-hydrogen) atoms. The maximum Gasteiger partial charge on any atom is 0.264 e. The van der Waals surface area contributed by atoms with Crippen LogP contribution in [-0.4, -0.2) is 8.42 Å². The Morgan fingerprint density at radius 1 is 0.852 bits per heavy atom. The van der Waals surface area contributed by atoms with E-state index >= 15 is 0 Å². The minimum absolute atomic E-state index is 0.0147. The number of nitrogens with zero attached hydrogens (tertiary/aromatic N) is 1. The van der Waals surface area contributed by atoms with E-state index in [9.17, 15) is 17.2 Å². The summed E-state index contributed by atoms with van der Waals surface area (Å²) in [6.45, 7) is 3.41. The molecule has 0 atom stereocenters. The molecule has 3 aromatic rings. The van der Waals surface area contributed by atoms with Gasteiger partial charge in [-0.3, -0.25) is 4.31 Å². The molecule has 3 nitrogen and oxygen atoms in total. The molecule has 0 fully saturated rings. The molecule has 3 rings (SSSR count). The molecular formula is C21H19F2NO2S. The average Bonchev–Trinajstić information content (AvgIpc) is 2.60. The van der Waals surface area contributed by atoms with Crippen LogP contribution in [0.2, 0.25) is 0 Å². The second-order valence-corrected chi connectivity index (χ2v) is 8.22. The maximum atomic E-state index is 13.6. The normalized spacial score (nSPS) is 11.4. The molecule has 0 bridgehead atoms. The predicted molar refractivity (Wildman–Crippen MR) is 102 cm³/mol. The van der Waals surface area contributed by atoms with Crippen molar-refractivity contribution in [2.24, 2.45) is 0 Å².